The predicted molar refractivity (Wildman–Crippen MR) is 45.1 cm³/mol. The van der Waals surface area contributed by atoms with Crippen LogP contribution in [0.3, 0.4) is 0 Å². The second kappa shape index (κ2) is 2.94. The van der Waals surface area contributed by atoms with Crippen molar-refractivity contribution < 1.29 is 4.92 Å². The number of hydrogen-bond acceptors (Lipinski definition) is 4. The summed E-state index contributed by atoms with van der Waals surface area (Å²) in [4.78, 5) is 13.5. The van der Waals surface area contributed by atoms with Crippen LogP contribution in [0.25, 0.3) is 0 Å². The van der Waals surface area contributed by atoms with Gasteiger partial charge in [0.15, 0.2) is 0 Å². The lowest BCUT2D eigenvalue weighted by Gasteiger charge is -1.99. The van der Waals surface area contributed by atoms with Gasteiger partial charge in [0.2, 0.25) is 0 Å². The monoisotopic (exact) mass is 187 g/mol. The second-order valence-electron chi connectivity index (χ2n) is 2.23. The summed E-state index contributed by atoms with van der Waals surface area (Å²) in [5.41, 5.74) is 5.44. The molecule has 0 aliphatic rings. The number of rotatable bonds is 1. The van der Waals surface area contributed by atoms with Crippen LogP contribution in [0.4, 0.5) is 11.4 Å². The standard InChI is InChI=1S/C6H6ClN3O2/c1-3-6(10(11)12)4(8)2-5(7)9-3/h2H,1H3,(H2,8,9). The highest BCUT2D eigenvalue weighted by Crippen LogP contribution is 2.26. The van der Waals surface area contributed by atoms with Crippen LogP contribution in [0.15, 0.2) is 6.07 Å². The first-order valence-electron chi connectivity index (χ1n) is 3.09. The van der Waals surface area contributed by atoms with Gasteiger partial charge in [0.05, 0.1) is 4.92 Å². The Balaban J connectivity index is 3.38. The Hall–Kier alpha value is -1.36. The topological polar surface area (TPSA) is 82.0 Å². The van der Waals surface area contributed by atoms with E-state index in [1.165, 1.54) is 13.0 Å². The van der Waals surface area contributed by atoms with Crippen LogP contribution in [0.1, 0.15) is 5.69 Å². The summed E-state index contributed by atoms with van der Waals surface area (Å²) in [6, 6.07) is 1.26. The number of hydrogen-bond donors (Lipinski definition) is 1. The van der Waals surface area contributed by atoms with E-state index in [9.17, 15) is 10.1 Å². The maximum atomic E-state index is 10.4. The average Bonchev–Trinajstić information content (AvgIpc) is 1.82. The molecule has 64 valence electrons. The molecule has 0 aliphatic carbocycles. The molecule has 6 heteroatoms. The van der Waals surface area contributed by atoms with Crippen molar-refractivity contribution in [1.29, 1.82) is 0 Å². The van der Waals surface area contributed by atoms with E-state index in [-0.39, 0.29) is 22.2 Å². The fraction of sp³-hybridized carbons (Fsp3) is 0.167. The van der Waals surface area contributed by atoms with Crippen LogP contribution in [0, 0.1) is 17.0 Å². The fourth-order valence-corrected chi connectivity index (χ4v) is 1.13. The number of halogens is 1. The van der Waals surface area contributed by atoms with Crippen molar-refractivity contribution in [3.63, 3.8) is 0 Å². The molecule has 1 heterocycles. The first-order chi connectivity index (χ1) is 5.52. The van der Waals surface area contributed by atoms with E-state index in [2.05, 4.69) is 4.98 Å². The van der Waals surface area contributed by atoms with Gasteiger partial charge >= 0.3 is 5.69 Å². The predicted octanol–water partition coefficient (Wildman–Crippen LogP) is 1.53. The lowest BCUT2D eigenvalue weighted by Crippen LogP contribution is -2.00. The molecule has 2 N–H and O–H groups in total. The van der Waals surface area contributed by atoms with E-state index in [1.807, 2.05) is 0 Å². The normalized spacial score (nSPS) is 9.83. The molecule has 0 bridgehead atoms. The molecule has 0 atom stereocenters. The van der Waals surface area contributed by atoms with Gasteiger partial charge < -0.3 is 5.73 Å². The van der Waals surface area contributed by atoms with Crippen LogP contribution in [0.2, 0.25) is 5.15 Å². The van der Waals surface area contributed by atoms with Crippen molar-refractivity contribution >= 4 is 23.0 Å². The van der Waals surface area contributed by atoms with E-state index >= 15 is 0 Å². The molecule has 0 saturated carbocycles. The molecule has 0 unspecified atom stereocenters. The van der Waals surface area contributed by atoms with Crippen molar-refractivity contribution in [2.75, 3.05) is 5.73 Å². The van der Waals surface area contributed by atoms with Crippen molar-refractivity contribution in [3.8, 4) is 0 Å². The molecule has 5 nitrogen and oxygen atoms in total. The highest BCUT2D eigenvalue weighted by molar-refractivity contribution is 6.29. The number of aromatic nitrogens is 1. The van der Waals surface area contributed by atoms with Crippen molar-refractivity contribution in [3.05, 3.63) is 27.0 Å². The molecular weight excluding hydrogens is 182 g/mol. The lowest BCUT2D eigenvalue weighted by molar-refractivity contribution is -0.384. The first-order valence-corrected chi connectivity index (χ1v) is 3.47. The number of nitrogens with two attached hydrogens (primary N) is 1. The van der Waals surface area contributed by atoms with Crippen molar-refractivity contribution in [2.24, 2.45) is 0 Å². The third-order valence-electron chi connectivity index (χ3n) is 1.35. The van der Waals surface area contributed by atoms with E-state index < -0.39 is 4.92 Å². The molecule has 0 aromatic carbocycles. The fourth-order valence-electron chi connectivity index (χ4n) is 0.889. The number of nitro groups is 1. The van der Waals surface area contributed by atoms with Crippen LogP contribution in [0.5, 0.6) is 0 Å². The summed E-state index contributed by atoms with van der Waals surface area (Å²) in [6.07, 6.45) is 0. The van der Waals surface area contributed by atoms with E-state index in [0.717, 1.165) is 0 Å². The summed E-state index contributed by atoms with van der Waals surface area (Å²) in [5, 5.41) is 10.6. The second-order valence-corrected chi connectivity index (χ2v) is 2.61. The maximum absolute atomic E-state index is 10.4. The average molecular weight is 188 g/mol. The molecule has 12 heavy (non-hydrogen) atoms. The highest BCUT2D eigenvalue weighted by Gasteiger charge is 2.16. The smallest absolute Gasteiger partial charge is 0.313 e. The van der Waals surface area contributed by atoms with Gasteiger partial charge in [-0.05, 0) is 6.92 Å². The maximum Gasteiger partial charge on any atom is 0.313 e. The number of pyridine rings is 1. The quantitative estimate of drug-likeness (QED) is 0.411. The SMILES string of the molecule is Cc1nc(Cl)cc(N)c1[N+](=O)[O-]. The number of nitrogen functional groups attached to an aromatic ring is 1. The summed E-state index contributed by atoms with van der Waals surface area (Å²) < 4.78 is 0. The van der Waals surface area contributed by atoms with Gasteiger partial charge in [0, 0.05) is 6.07 Å². The zero-order valence-corrected chi connectivity index (χ0v) is 7.00. The van der Waals surface area contributed by atoms with Gasteiger partial charge in [-0.1, -0.05) is 11.6 Å². The number of aryl methyl sites for hydroxylation is 1. The van der Waals surface area contributed by atoms with Crippen molar-refractivity contribution in [2.45, 2.75) is 6.92 Å². The summed E-state index contributed by atoms with van der Waals surface area (Å²) in [6.45, 7) is 1.49. The van der Waals surface area contributed by atoms with Gasteiger partial charge in [-0.15, -0.1) is 0 Å². The molecule has 0 fully saturated rings. The van der Waals surface area contributed by atoms with Crippen LogP contribution >= 0.6 is 11.6 Å². The Bertz CT molecular complexity index is 317. The molecule has 0 radical (unpaired) electrons. The summed E-state index contributed by atoms with van der Waals surface area (Å²) >= 11 is 5.51. The van der Waals surface area contributed by atoms with E-state index in [4.69, 9.17) is 17.3 Å². The van der Waals surface area contributed by atoms with E-state index in [1.54, 1.807) is 0 Å². The molecule has 0 saturated heterocycles. The lowest BCUT2D eigenvalue weighted by atomic mass is 10.3. The Kier molecular flexibility index (Phi) is 2.14. The molecular formula is C6H6ClN3O2. The molecule has 1 rings (SSSR count). The minimum Gasteiger partial charge on any atom is -0.393 e. The molecule has 0 amide bonds. The van der Waals surface area contributed by atoms with E-state index in [0.29, 0.717) is 0 Å². The Labute approximate surface area is 73.3 Å². The Morgan fingerprint density at radius 3 is 2.75 bits per heavy atom. The van der Waals surface area contributed by atoms with Gasteiger partial charge in [-0.3, -0.25) is 10.1 Å². The Morgan fingerprint density at radius 2 is 2.33 bits per heavy atom. The molecule has 0 spiro atoms. The van der Waals surface area contributed by atoms with Gasteiger partial charge in [0.1, 0.15) is 16.5 Å². The molecule has 0 aliphatic heterocycles. The van der Waals surface area contributed by atoms with Gasteiger partial charge in [-0.2, -0.15) is 0 Å². The van der Waals surface area contributed by atoms with Gasteiger partial charge in [0.25, 0.3) is 0 Å². The first kappa shape index (κ1) is 8.73. The Morgan fingerprint density at radius 1 is 1.75 bits per heavy atom. The highest BCUT2D eigenvalue weighted by atomic mass is 35.5. The van der Waals surface area contributed by atoms with Crippen LogP contribution < -0.4 is 5.73 Å². The molecule has 1 aromatic heterocycles. The molecule has 1 aromatic rings. The van der Waals surface area contributed by atoms with Crippen LogP contribution in [-0.4, -0.2) is 9.91 Å². The van der Waals surface area contributed by atoms with Crippen LogP contribution in [-0.2, 0) is 0 Å². The van der Waals surface area contributed by atoms with Crippen molar-refractivity contribution in [1.82, 2.24) is 4.98 Å². The zero-order valence-electron chi connectivity index (χ0n) is 6.24. The number of nitrogens with zero attached hydrogens (tertiary/aromatic N) is 2. The minimum absolute atomic E-state index is 0.0394. The third-order valence-corrected chi connectivity index (χ3v) is 1.54. The van der Waals surface area contributed by atoms with Gasteiger partial charge in [-0.25, -0.2) is 4.98 Å². The zero-order chi connectivity index (χ0) is 9.30. The summed E-state index contributed by atoms with van der Waals surface area (Å²) in [7, 11) is 0. The largest absolute Gasteiger partial charge is 0.393 e. The number of anilines is 1. The summed E-state index contributed by atoms with van der Waals surface area (Å²) in [5.74, 6) is 0. The third kappa shape index (κ3) is 1.45. The minimum atomic E-state index is -0.575.